The van der Waals surface area contributed by atoms with E-state index in [2.05, 4.69) is 10.2 Å². The molecule has 0 atom stereocenters. The molecule has 0 unspecified atom stereocenters. The second kappa shape index (κ2) is 9.76. The van der Waals surface area contributed by atoms with E-state index in [0.29, 0.717) is 23.4 Å². The van der Waals surface area contributed by atoms with Crippen molar-refractivity contribution in [3.8, 4) is 5.75 Å². The topological polar surface area (TPSA) is 24.5 Å². The van der Waals surface area contributed by atoms with Crippen LogP contribution >= 0.6 is 0 Å². The molecule has 0 radical (unpaired) electrons. The van der Waals surface area contributed by atoms with Crippen molar-refractivity contribution in [2.45, 2.75) is 18.6 Å². The number of benzene rings is 3. The van der Waals surface area contributed by atoms with Gasteiger partial charge in [0.2, 0.25) is 0 Å². The number of rotatable bonds is 6. The fraction of sp³-hybridized carbons (Fsp3) is 0.308. The van der Waals surface area contributed by atoms with Gasteiger partial charge in [-0.05, 0) is 23.3 Å². The number of alkyl halides is 3. The second-order valence-corrected chi connectivity index (χ2v) is 8.04. The van der Waals surface area contributed by atoms with Crippen LogP contribution in [0.15, 0.2) is 72.8 Å². The zero-order valence-corrected chi connectivity index (χ0v) is 18.0. The molecule has 1 saturated heterocycles. The number of piperazine rings is 1. The van der Waals surface area contributed by atoms with Crippen LogP contribution in [0.4, 0.5) is 13.2 Å². The number of nitrogens with zero attached hydrogens (tertiary/aromatic N) is 1. The molecule has 1 aliphatic rings. The van der Waals surface area contributed by atoms with Gasteiger partial charge in [0, 0.05) is 49.8 Å². The SMILES string of the molecule is COc1c(CN2CCNCC2)cc(C(F)(F)F)cc1C(c1ccccc1)c1ccccc1. The summed E-state index contributed by atoms with van der Waals surface area (Å²) in [7, 11) is 1.54. The van der Waals surface area contributed by atoms with E-state index in [1.54, 1.807) is 7.11 Å². The minimum Gasteiger partial charge on any atom is -0.496 e. The zero-order valence-electron chi connectivity index (χ0n) is 18.0. The summed E-state index contributed by atoms with van der Waals surface area (Å²) in [5.41, 5.74) is 2.30. The van der Waals surface area contributed by atoms with Crippen LogP contribution in [-0.4, -0.2) is 38.2 Å². The van der Waals surface area contributed by atoms with E-state index in [4.69, 9.17) is 4.74 Å². The Balaban J connectivity index is 1.90. The highest BCUT2D eigenvalue weighted by Gasteiger charge is 2.34. The van der Waals surface area contributed by atoms with Gasteiger partial charge in [-0.2, -0.15) is 13.2 Å². The van der Waals surface area contributed by atoms with Gasteiger partial charge in [-0.25, -0.2) is 0 Å². The predicted molar refractivity (Wildman–Crippen MR) is 120 cm³/mol. The first-order valence-electron chi connectivity index (χ1n) is 10.8. The normalized spacial score (nSPS) is 15.2. The lowest BCUT2D eigenvalue weighted by molar-refractivity contribution is -0.137. The van der Waals surface area contributed by atoms with Gasteiger partial charge >= 0.3 is 6.18 Å². The maximum absolute atomic E-state index is 14.0. The van der Waals surface area contributed by atoms with Crippen molar-refractivity contribution >= 4 is 0 Å². The molecule has 32 heavy (non-hydrogen) atoms. The largest absolute Gasteiger partial charge is 0.496 e. The molecule has 0 bridgehead atoms. The number of hydrogen-bond acceptors (Lipinski definition) is 3. The lowest BCUT2D eigenvalue weighted by atomic mass is 9.83. The van der Waals surface area contributed by atoms with Gasteiger partial charge in [0.1, 0.15) is 5.75 Å². The molecule has 0 saturated carbocycles. The van der Waals surface area contributed by atoms with E-state index in [0.717, 1.165) is 37.3 Å². The van der Waals surface area contributed by atoms with Gasteiger partial charge in [0.25, 0.3) is 0 Å². The van der Waals surface area contributed by atoms with Crippen molar-refractivity contribution in [3.63, 3.8) is 0 Å². The fourth-order valence-electron chi connectivity index (χ4n) is 4.41. The van der Waals surface area contributed by atoms with Gasteiger partial charge in [0.15, 0.2) is 0 Å². The highest BCUT2D eigenvalue weighted by Crippen LogP contribution is 2.43. The number of halogens is 3. The molecule has 0 aliphatic carbocycles. The first-order chi connectivity index (χ1) is 15.5. The molecular weight excluding hydrogens is 413 g/mol. The Bertz CT molecular complexity index is 977. The molecule has 0 amide bonds. The molecule has 1 aliphatic heterocycles. The van der Waals surface area contributed by atoms with Crippen LogP contribution in [0.5, 0.6) is 5.75 Å². The maximum atomic E-state index is 14.0. The average Bonchev–Trinajstić information content (AvgIpc) is 2.81. The first kappa shape index (κ1) is 22.4. The Morgan fingerprint density at radius 2 is 1.47 bits per heavy atom. The summed E-state index contributed by atoms with van der Waals surface area (Å²) in [4.78, 5) is 2.17. The Kier molecular flexibility index (Phi) is 6.82. The van der Waals surface area contributed by atoms with E-state index in [1.165, 1.54) is 12.1 Å². The van der Waals surface area contributed by atoms with Crippen molar-refractivity contribution in [3.05, 3.63) is 101 Å². The molecular formula is C26H27F3N2O. The standard InChI is InChI=1S/C26H27F3N2O/c1-32-25-21(18-31-14-12-30-13-15-31)16-22(26(27,28)29)17-23(25)24(19-8-4-2-5-9-19)20-10-6-3-7-11-20/h2-11,16-17,24,30H,12-15,18H2,1H3. The molecule has 1 N–H and O–H groups in total. The van der Waals surface area contributed by atoms with Gasteiger partial charge in [-0.1, -0.05) is 60.7 Å². The summed E-state index contributed by atoms with van der Waals surface area (Å²) in [5.74, 6) is 0.144. The quantitative estimate of drug-likeness (QED) is 0.527. The highest BCUT2D eigenvalue weighted by atomic mass is 19.4. The van der Waals surface area contributed by atoms with Crippen LogP contribution in [0, 0.1) is 0 Å². The molecule has 1 fully saturated rings. The predicted octanol–water partition coefficient (Wildman–Crippen LogP) is 5.30. The monoisotopic (exact) mass is 440 g/mol. The van der Waals surface area contributed by atoms with Crippen LogP contribution < -0.4 is 10.1 Å². The van der Waals surface area contributed by atoms with Crippen molar-refractivity contribution in [1.82, 2.24) is 10.2 Å². The molecule has 6 heteroatoms. The van der Waals surface area contributed by atoms with Crippen LogP contribution in [0.25, 0.3) is 0 Å². The smallest absolute Gasteiger partial charge is 0.416 e. The number of ether oxygens (including phenoxy) is 1. The van der Waals surface area contributed by atoms with Crippen molar-refractivity contribution in [2.75, 3.05) is 33.3 Å². The van der Waals surface area contributed by atoms with Crippen molar-refractivity contribution in [1.29, 1.82) is 0 Å². The molecule has 4 rings (SSSR count). The fourth-order valence-corrected chi connectivity index (χ4v) is 4.41. The molecule has 1 heterocycles. The van der Waals surface area contributed by atoms with Crippen molar-refractivity contribution in [2.24, 2.45) is 0 Å². The van der Waals surface area contributed by atoms with E-state index in [1.807, 2.05) is 60.7 Å². The van der Waals surface area contributed by atoms with Crippen LogP contribution in [0.3, 0.4) is 0 Å². The van der Waals surface area contributed by atoms with E-state index in [-0.39, 0.29) is 5.92 Å². The van der Waals surface area contributed by atoms with Crippen LogP contribution in [0.2, 0.25) is 0 Å². The number of methoxy groups -OCH3 is 1. The third kappa shape index (κ3) is 4.97. The molecule has 3 aromatic rings. The third-order valence-electron chi connectivity index (χ3n) is 5.91. The minimum absolute atomic E-state index is 0.378. The summed E-state index contributed by atoms with van der Waals surface area (Å²) in [6.45, 7) is 3.64. The summed E-state index contributed by atoms with van der Waals surface area (Å²) in [5, 5.41) is 3.28. The summed E-state index contributed by atoms with van der Waals surface area (Å²) in [6.07, 6.45) is -4.45. The lowest BCUT2D eigenvalue weighted by Gasteiger charge is -2.30. The van der Waals surface area contributed by atoms with E-state index in [9.17, 15) is 13.2 Å². The second-order valence-electron chi connectivity index (χ2n) is 8.04. The van der Waals surface area contributed by atoms with Crippen LogP contribution in [0.1, 0.15) is 33.7 Å². The zero-order chi connectivity index (χ0) is 22.6. The molecule has 0 aromatic heterocycles. The highest BCUT2D eigenvalue weighted by molar-refractivity contribution is 5.54. The van der Waals surface area contributed by atoms with Gasteiger partial charge in [-0.15, -0.1) is 0 Å². The summed E-state index contributed by atoms with van der Waals surface area (Å²) < 4.78 is 47.7. The third-order valence-corrected chi connectivity index (χ3v) is 5.91. The first-order valence-corrected chi connectivity index (χ1v) is 10.8. The summed E-state index contributed by atoms with van der Waals surface area (Å²) in [6, 6.07) is 21.8. The van der Waals surface area contributed by atoms with E-state index < -0.39 is 11.7 Å². The maximum Gasteiger partial charge on any atom is 0.416 e. The van der Waals surface area contributed by atoms with Crippen molar-refractivity contribution < 1.29 is 17.9 Å². The molecule has 0 spiro atoms. The van der Waals surface area contributed by atoms with Gasteiger partial charge in [-0.3, -0.25) is 4.90 Å². The van der Waals surface area contributed by atoms with Gasteiger partial charge < -0.3 is 10.1 Å². The Morgan fingerprint density at radius 1 is 0.906 bits per heavy atom. The summed E-state index contributed by atoms with van der Waals surface area (Å²) >= 11 is 0. The van der Waals surface area contributed by atoms with Gasteiger partial charge in [0.05, 0.1) is 12.7 Å². The molecule has 3 nitrogen and oxygen atoms in total. The minimum atomic E-state index is -4.45. The molecule has 3 aromatic carbocycles. The molecule has 168 valence electrons. The lowest BCUT2D eigenvalue weighted by Crippen LogP contribution is -2.43. The number of hydrogen-bond donors (Lipinski definition) is 1. The number of nitrogens with one attached hydrogen (secondary N) is 1. The Morgan fingerprint density at radius 3 is 1.97 bits per heavy atom. The Labute approximate surface area is 186 Å². The Hall–Kier alpha value is -2.83. The van der Waals surface area contributed by atoms with Crippen LogP contribution in [-0.2, 0) is 12.7 Å². The van der Waals surface area contributed by atoms with E-state index >= 15 is 0 Å². The average molecular weight is 441 g/mol.